The van der Waals surface area contributed by atoms with Crippen molar-refractivity contribution in [1.29, 1.82) is 0 Å². The van der Waals surface area contributed by atoms with Gasteiger partial charge in [0, 0.05) is 29.1 Å². The molecule has 0 N–H and O–H groups in total. The van der Waals surface area contributed by atoms with Crippen LogP contribution in [0.3, 0.4) is 0 Å². The molecule has 1 aliphatic rings. The molecular formula is C18H19NO3S. The van der Waals surface area contributed by atoms with Crippen LogP contribution in [-0.4, -0.2) is 32.1 Å². The van der Waals surface area contributed by atoms with Crippen LogP contribution in [0.4, 0.5) is 0 Å². The van der Waals surface area contributed by atoms with Crippen LogP contribution in [0, 0.1) is 0 Å². The van der Waals surface area contributed by atoms with E-state index in [0.29, 0.717) is 13.1 Å². The topological polar surface area (TPSA) is 38.8 Å². The summed E-state index contributed by atoms with van der Waals surface area (Å²) < 4.78 is 11.1. The number of nitrogens with zero attached hydrogens (tertiary/aromatic N) is 1. The monoisotopic (exact) mass is 329 g/mol. The van der Waals surface area contributed by atoms with E-state index in [1.54, 1.807) is 30.9 Å². The van der Waals surface area contributed by atoms with Gasteiger partial charge in [-0.3, -0.25) is 4.79 Å². The minimum Gasteiger partial charge on any atom is -0.496 e. The number of methoxy groups -OCH3 is 2. The maximum atomic E-state index is 11.4. The molecule has 4 nitrogen and oxygen atoms in total. The van der Waals surface area contributed by atoms with Gasteiger partial charge in [-0.2, -0.15) is 0 Å². The van der Waals surface area contributed by atoms with Crippen LogP contribution in [0.5, 0.6) is 11.5 Å². The van der Waals surface area contributed by atoms with Crippen LogP contribution in [0.15, 0.2) is 47.4 Å². The van der Waals surface area contributed by atoms with Gasteiger partial charge in [0.25, 0.3) is 0 Å². The molecule has 0 saturated carbocycles. The van der Waals surface area contributed by atoms with Crippen molar-refractivity contribution in [2.45, 2.75) is 16.7 Å². The number of rotatable bonds is 5. The number of thioether (sulfide) groups is 1. The summed E-state index contributed by atoms with van der Waals surface area (Å²) in [6, 6.07) is 14.0. The van der Waals surface area contributed by atoms with Gasteiger partial charge in [-0.15, -0.1) is 11.8 Å². The zero-order chi connectivity index (χ0) is 16.2. The van der Waals surface area contributed by atoms with Crippen LogP contribution in [-0.2, 0) is 11.3 Å². The lowest BCUT2D eigenvalue weighted by molar-refractivity contribution is -0.119. The van der Waals surface area contributed by atoms with E-state index in [4.69, 9.17) is 9.47 Å². The maximum Gasteiger partial charge on any atom is 0.210 e. The lowest BCUT2D eigenvalue weighted by atomic mass is 9.97. The highest BCUT2D eigenvalue weighted by Gasteiger charge is 2.31. The Morgan fingerprint density at radius 1 is 1.09 bits per heavy atom. The van der Waals surface area contributed by atoms with E-state index in [9.17, 15) is 4.79 Å². The highest BCUT2D eigenvalue weighted by molar-refractivity contribution is 7.99. The molecule has 1 heterocycles. The van der Waals surface area contributed by atoms with Gasteiger partial charge in [0.05, 0.1) is 19.5 Å². The zero-order valence-corrected chi connectivity index (χ0v) is 14.0. The first-order valence-corrected chi connectivity index (χ1v) is 8.29. The van der Waals surface area contributed by atoms with Crippen molar-refractivity contribution >= 4 is 18.2 Å². The lowest BCUT2D eigenvalue weighted by Crippen LogP contribution is -2.32. The Hall–Kier alpha value is -2.14. The Morgan fingerprint density at radius 3 is 2.43 bits per heavy atom. The Balaban J connectivity index is 2.05. The molecule has 0 bridgehead atoms. The summed E-state index contributed by atoms with van der Waals surface area (Å²) in [5, 5.41) is 0.108. The summed E-state index contributed by atoms with van der Waals surface area (Å²) in [6.07, 6.45) is 0.903. The predicted molar refractivity (Wildman–Crippen MR) is 91.1 cm³/mol. The van der Waals surface area contributed by atoms with E-state index >= 15 is 0 Å². The number of carbonyl (C=O) groups excluding carboxylic acids is 1. The molecule has 1 unspecified atom stereocenters. The largest absolute Gasteiger partial charge is 0.496 e. The van der Waals surface area contributed by atoms with Crippen molar-refractivity contribution in [3.63, 3.8) is 0 Å². The SMILES string of the molecule is COc1ccc(OC)c2c1CN(C=O)CC2Sc1ccccc1. The second kappa shape index (κ2) is 6.96. The third-order valence-electron chi connectivity index (χ3n) is 3.97. The third-order valence-corrected chi connectivity index (χ3v) is 5.18. The first kappa shape index (κ1) is 15.7. The molecule has 0 aromatic heterocycles. The van der Waals surface area contributed by atoms with E-state index < -0.39 is 0 Å². The number of hydrogen-bond acceptors (Lipinski definition) is 4. The highest BCUT2D eigenvalue weighted by Crippen LogP contribution is 2.47. The molecule has 0 fully saturated rings. The summed E-state index contributed by atoms with van der Waals surface area (Å²) in [5.74, 6) is 1.64. The fraction of sp³-hybridized carbons (Fsp3) is 0.278. The van der Waals surface area contributed by atoms with Gasteiger partial charge < -0.3 is 14.4 Å². The van der Waals surface area contributed by atoms with Crippen molar-refractivity contribution < 1.29 is 14.3 Å². The Labute approximate surface area is 140 Å². The minimum absolute atomic E-state index is 0.108. The Morgan fingerprint density at radius 2 is 1.78 bits per heavy atom. The first-order valence-electron chi connectivity index (χ1n) is 7.41. The molecule has 23 heavy (non-hydrogen) atoms. The number of carbonyl (C=O) groups is 1. The zero-order valence-electron chi connectivity index (χ0n) is 13.2. The predicted octanol–water partition coefficient (Wildman–Crippen LogP) is 3.51. The van der Waals surface area contributed by atoms with Crippen molar-refractivity contribution in [2.24, 2.45) is 0 Å². The van der Waals surface area contributed by atoms with Gasteiger partial charge in [-0.1, -0.05) is 18.2 Å². The molecule has 0 spiro atoms. The second-order valence-corrected chi connectivity index (χ2v) is 6.59. The standard InChI is InChI=1S/C18H19NO3S/c1-21-15-8-9-16(22-2)18-14(15)10-19(12-20)11-17(18)23-13-6-4-3-5-7-13/h3-9,12,17H,10-11H2,1-2H3. The van der Waals surface area contributed by atoms with E-state index in [1.807, 2.05) is 30.3 Å². The van der Waals surface area contributed by atoms with Crippen molar-refractivity contribution in [3.05, 3.63) is 53.6 Å². The van der Waals surface area contributed by atoms with E-state index in [1.165, 1.54) is 4.90 Å². The van der Waals surface area contributed by atoms with Gasteiger partial charge in [0.1, 0.15) is 11.5 Å². The van der Waals surface area contributed by atoms with Crippen molar-refractivity contribution in [2.75, 3.05) is 20.8 Å². The highest BCUT2D eigenvalue weighted by atomic mass is 32.2. The normalized spacial score (nSPS) is 16.6. The molecule has 2 aromatic rings. The average Bonchev–Trinajstić information content (AvgIpc) is 2.61. The molecule has 0 aliphatic carbocycles. The number of hydrogen-bond donors (Lipinski definition) is 0. The van der Waals surface area contributed by atoms with Crippen LogP contribution < -0.4 is 9.47 Å². The van der Waals surface area contributed by atoms with Crippen molar-refractivity contribution in [3.8, 4) is 11.5 Å². The summed E-state index contributed by atoms with van der Waals surface area (Å²) in [6.45, 7) is 1.20. The molecule has 0 radical (unpaired) electrons. The maximum absolute atomic E-state index is 11.4. The average molecular weight is 329 g/mol. The summed E-state index contributed by atoms with van der Waals surface area (Å²) in [4.78, 5) is 14.3. The van der Waals surface area contributed by atoms with Crippen LogP contribution in [0.25, 0.3) is 0 Å². The minimum atomic E-state index is 0.108. The second-order valence-electron chi connectivity index (χ2n) is 5.32. The number of amides is 1. The molecule has 1 atom stereocenters. The van der Waals surface area contributed by atoms with Crippen molar-refractivity contribution in [1.82, 2.24) is 4.90 Å². The molecule has 120 valence electrons. The Kier molecular flexibility index (Phi) is 4.76. The Bertz CT molecular complexity index is 690. The summed E-state index contributed by atoms with van der Waals surface area (Å²) >= 11 is 1.74. The molecule has 3 rings (SSSR count). The van der Waals surface area contributed by atoms with Crippen LogP contribution in [0.2, 0.25) is 0 Å². The van der Waals surface area contributed by atoms with E-state index in [0.717, 1.165) is 29.0 Å². The fourth-order valence-electron chi connectivity index (χ4n) is 2.92. The number of fused-ring (bicyclic) bond motifs is 1. The van der Waals surface area contributed by atoms with Gasteiger partial charge in [-0.05, 0) is 24.3 Å². The lowest BCUT2D eigenvalue weighted by Gasteiger charge is -2.34. The fourth-order valence-corrected chi connectivity index (χ4v) is 4.21. The van der Waals surface area contributed by atoms with Gasteiger partial charge in [0.2, 0.25) is 6.41 Å². The number of benzene rings is 2. The van der Waals surface area contributed by atoms with Crippen LogP contribution in [0.1, 0.15) is 16.4 Å². The van der Waals surface area contributed by atoms with E-state index in [2.05, 4.69) is 12.1 Å². The quantitative estimate of drug-likeness (QED) is 0.787. The number of ether oxygens (including phenoxy) is 2. The molecule has 0 saturated heterocycles. The van der Waals surface area contributed by atoms with Crippen LogP contribution >= 0.6 is 11.8 Å². The van der Waals surface area contributed by atoms with Gasteiger partial charge >= 0.3 is 0 Å². The summed E-state index contributed by atoms with van der Waals surface area (Å²) in [5.41, 5.74) is 2.15. The third kappa shape index (κ3) is 3.15. The molecule has 1 aliphatic heterocycles. The van der Waals surface area contributed by atoms with Gasteiger partial charge in [-0.25, -0.2) is 0 Å². The first-order chi connectivity index (χ1) is 11.3. The molecular weight excluding hydrogens is 310 g/mol. The molecule has 1 amide bonds. The molecule has 2 aromatic carbocycles. The summed E-state index contributed by atoms with van der Waals surface area (Å²) in [7, 11) is 3.33. The van der Waals surface area contributed by atoms with E-state index in [-0.39, 0.29) is 5.25 Å². The smallest absolute Gasteiger partial charge is 0.210 e. The molecule has 5 heteroatoms. The van der Waals surface area contributed by atoms with Gasteiger partial charge in [0.15, 0.2) is 0 Å².